The highest BCUT2D eigenvalue weighted by Gasteiger charge is 2.38. The Kier molecular flexibility index (Phi) is 4.86. The second kappa shape index (κ2) is 6.78. The minimum atomic E-state index is -3.49. The third-order valence-corrected chi connectivity index (χ3v) is 6.56. The van der Waals surface area contributed by atoms with Gasteiger partial charge in [0, 0.05) is 13.1 Å². The molecule has 1 saturated heterocycles. The molecule has 2 N–H and O–H groups in total. The number of hydrogen-bond donors (Lipinski definition) is 1. The maximum absolute atomic E-state index is 12.8. The molecular formula is C19H24N2O3S. The highest BCUT2D eigenvalue weighted by molar-refractivity contribution is 7.89. The fraction of sp³-hybridized carbons (Fsp3) is 0.368. The van der Waals surface area contributed by atoms with Crippen LogP contribution in [0.25, 0.3) is 0 Å². The predicted molar refractivity (Wildman–Crippen MR) is 98.2 cm³/mol. The van der Waals surface area contributed by atoms with Gasteiger partial charge in [-0.3, -0.25) is 0 Å². The largest absolute Gasteiger partial charge is 0.457 e. The Bertz CT molecular complexity index is 849. The maximum Gasteiger partial charge on any atom is 0.243 e. The van der Waals surface area contributed by atoms with Crippen LogP contribution in [-0.2, 0) is 10.0 Å². The van der Waals surface area contributed by atoms with Crippen LogP contribution in [0.1, 0.15) is 18.9 Å². The summed E-state index contributed by atoms with van der Waals surface area (Å²) in [5, 5.41) is 0. The Morgan fingerprint density at radius 3 is 2.48 bits per heavy atom. The summed E-state index contributed by atoms with van der Waals surface area (Å²) in [6, 6.07) is 14.3. The molecule has 1 heterocycles. The number of nitrogens with two attached hydrogens (primary N) is 1. The fourth-order valence-electron chi connectivity index (χ4n) is 2.99. The van der Waals surface area contributed by atoms with Gasteiger partial charge in [-0.15, -0.1) is 0 Å². The molecule has 25 heavy (non-hydrogen) atoms. The van der Waals surface area contributed by atoms with Crippen molar-refractivity contribution in [3.63, 3.8) is 0 Å². The summed E-state index contributed by atoms with van der Waals surface area (Å²) in [5.74, 6) is 1.34. The van der Waals surface area contributed by atoms with Crippen LogP contribution in [0, 0.1) is 12.3 Å². The average Bonchev–Trinajstić information content (AvgIpc) is 2.99. The van der Waals surface area contributed by atoms with Crippen LogP contribution in [0.3, 0.4) is 0 Å². The van der Waals surface area contributed by atoms with Gasteiger partial charge in [0.15, 0.2) is 0 Å². The molecule has 1 aliphatic heterocycles. The number of rotatable bonds is 5. The topological polar surface area (TPSA) is 72.6 Å². The minimum Gasteiger partial charge on any atom is -0.457 e. The lowest BCUT2D eigenvalue weighted by Crippen LogP contribution is -2.34. The molecule has 1 atom stereocenters. The van der Waals surface area contributed by atoms with Crippen LogP contribution in [0.5, 0.6) is 11.5 Å². The van der Waals surface area contributed by atoms with E-state index in [1.54, 1.807) is 24.3 Å². The Hall–Kier alpha value is -1.89. The monoisotopic (exact) mass is 360 g/mol. The van der Waals surface area contributed by atoms with Crippen LogP contribution < -0.4 is 10.5 Å². The van der Waals surface area contributed by atoms with Crippen molar-refractivity contribution in [1.29, 1.82) is 0 Å². The quantitative estimate of drug-likeness (QED) is 0.889. The van der Waals surface area contributed by atoms with Crippen molar-refractivity contribution in [3.05, 3.63) is 54.1 Å². The molecule has 6 heteroatoms. The van der Waals surface area contributed by atoms with Crippen LogP contribution >= 0.6 is 0 Å². The van der Waals surface area contributed by atoms with E-state index in [-0.39, 0.29) is 10.3 Å². The Morgan fingerprint density at radius 1 is 1.16 bits per heavy atom. The molecule has 1 fully saturated rings. The van der Waals surface area contributed by atoms with Gasteiger partial charge < -0.3 is 10.5 Å². The van der Waals surface area contributed by atoms with Crippen LogP contribution in [0.2, 0.25) is 0 Å². The first-order chi connectivity index (χ1) is 11.8. The highest BCUT2D eigenvalue weighted by atomic mass is 32.2. The number of aryl methyl sites for hydroxylation is 1. The van der Waals surface area contributed by atoms with Gasteiger partial charge in [-0.1, -0.05) is 19.1 Å². The van der Waals surface area contributed by atoms with Gasteiger partial charge in [0.05, 0.1) is 4.90 Å². The van der Waals surface area contributed by atoms with E-state index in [1.165, 1.54) is 4.31 Å². The van der Waals surface area contributed by atoms with Gasteiger partial charge in [0.25, 0.3) is 0 Å². The van der Waals surface area contributed by atoms with Gasteiger partial charge in [-0.25, -0.2) is 8.42 Å². The molecule has 2 aromatic carbocycles. The number of benzene rings is 2. The highest BCUT2D eigenvalue weighted by Crippen LogP contribution is 2.33. The molecular weight excluding hydrogens is 336 g/mol. The van der Waals surface area contributed by atoms with E-state index >= 15 is 0 Å². The Balaban J connectivity index is 1.75. The number of sulfonamides is 1. The SMILES string of the molecule is Cc1cccc(Oc2ccc(S(=O)(=O)N3CCC(C)(CN)C3)cc2)c1. The Labute approximate surface area is 149 Å². The van der Waals surface area contributed by atoms with E-state index in [0.29, 0.717) is 25.4 Å². The van der Waals surface area contributed by atoms with Crippen molar-refractivity contribution in [2.45, 2.75) is 25.2 Å². The molecule has 0 amide bonds. The van der Waals surface area contributed by atoms with Crippen LogP contribution in [0.15, 0.2) is 53.4 Å². The van der Waals surface area contributed by atoms with Crippen LogP contribution in [0.4, 0.5) is 0 Å². The second-order valence-corrected chi connectivity index (χ2v) is 8.93. The predicted octanol–water partition coefficient (Wildman–Crippen LogP) is 3.15. The fourth-order valence-corrected chi connectivity index (χ4v) is 4.59. The first-order valence-corrected chi connectivity index (χ1v) is 9.81. The summed E-state index contributed by atoms with van der Waals surface area (Å²) in [7, 11) is -3.49. The summed E-state index contributed by atoms with van der Waals surface area (Å²) >= 11 is 0. The van der Waals surface area contributed by atoms with Crippen molar-refractivity contribution >= 4 is 10.0 Å². The molecule has 0 saturated carbocycles. The second-order valence-electron chi connectivity index (χ2n) is 6.99. The molecule has 0 spiro atoms. The van der Waals surface area contributed by atoms with Gasteiger partial charge >= 0.3 is 0 Å². The normalized spacial score (nSPS) is 21.4. The maximum atomic E-state index is 12.8. The molecule has 134 valence electrons. The Morgan fingerprint density at radius 2 is 1.88 bits per heavy atom. The number of nitrogens with zero attached hydrogens (tertiary/aromatic N) is 1. The van der Waals surface area contributed by atoms with Crippen molar-refractivity contribution in [2.24, 2.45) is 11.1 Å². The molecule has 1 aliphatic rings. The van der Waals surface area contributed by atoms with Gasteiger partial charge in [-0.05, 0) is 67.3 Å². The van der Waals surface area contributed by atoms with Crippen molar-refractivity contribution in [2.75, 3.05) is 19.6 Å². The zero-order valence-electron chi connectivity index (χ0n) is 14.6. The average molecular weight is 360 g/mol. The van der Waals surface area contributed by atoms with E-state index in [9.17, 15) is 8.42 Å². The zero-order valence-corrected chi connectivity index (χ0v) is 15.4. The molecule has 0 radical (unpaired) electrons. The van der Waals surface area contributed by atoms with E-state index in [2.05, 4.69) is 0 Å². The van der Waals surface area contributed by atoms with Crippen molar-refractivity contribution < 1.29 is 13.2 Å². The lowest BCUT2D eigenvalue weighted by molar-refractivity contribution is 0.349. The van der Waals surface area contributed by atoms with Gasteiger partial charge in [-0.2, -0.15) is 4.31 Å². The summed E-state index contributed by atoms with van der Waals surface area (Å²) in [4.78, 5) is 0.283. The summed E-state index contributed by atoms with van der Waals surface area (Å²) in [6.45, 7) is 5.49. The number of hydrogen-bond acceptors (Lipinski definition) is 4. The molecule has 5 nitrogen and oxygen atoms in total. The third-order valence-electron chi connectivity index (χ3n) is 4.70. The number of ether oxygens (including phenoxy) is 1. The molecule has 0 aliphatic carbocycles. The smallest absolute Gasteiger partial charge is 0.243 e. The van der Waals surface area contributed by atoms with Gasteiger partial charge in [0.1, 0.15) is 11.5 Å². The zero-order chi connectivity index (χ0) is 18.1. The summed E-state index contributed by atoms with van der Waals surface area (Å²) in [5.41, 5.74) is 6.75. The standard InChI is InChI=1S/C19H24N2O3S/c1-15-4-3-5-17(12-15)24-16-6-8-18(9-7-16)25(22,23)21-11-10-19(2,13-20)14-21/h3-9,12H,10-11,13-14,20H2,1-2H3. The van der Waals surface area contributed by atoms with E-state index in [0.717, 1.165) is 17.7 Å². The molecule has 3 rings (SSSR count). The first kappa shape index (κ1) is 17.9. The van der Waals surface area contributed by atoms with E-state index in [4.69, 9.17) is 10.5 Å². The third kappa shape index (κ3) is 3.86. The summed E-state index contributed by atoms with van der Waals surface area (Å²) in [6.07, 6.45) is 0.789. The lowest BCUT2D eigenvalue weighted by Gasteiger charge is -2.22. The van der Waals surface area contributed by atoms with E-state index in [1.807, 2.05) is 38.1 Å². The molecule has 1 unspecified atom stereocenters. The summed E-state index contributed by atoms with van der Waals surface area (Å²) < 4.78 is 32.9. The molecule has 2 aromatic rings. The minimum absolute atomic E-state index is 0.138. The van der Waals surface area contributed by atoms with Crippen molar-refractivity contribution in [1.82, 2.24) is 4.31 Å². The van der Waals surface area contributed by atoms with Crippen LogP contribution in [-0.4, -0.2) is 32.4 Å². The van der Waals surface area contributed by atoms with Gasteiger partial charge in [0.2, 0.25) is 10.0 Å². The van der Waals surface area contributed by atoms with E-state index < -0.39 is 10.0 Å². The van der Waals surface area contributed by atoms with Crippen molar-refractivity contribution in [3.8, 4) is 11.5 Å². The lowest BCUT2D eigenvalue weighted by atomic mass is 9.90. The molecule has 0 bridgehead atoms. The molecule has 0 aromatic heterocycles. The first-order valence-electron chi connectivity index (χ1n) is 8.37.